The second-order valence-electron chi connectivity index (χ2n) is 6.61. The molecule has 2 aliphatic rings. The molecule has 92 valence electrons. The minimum Gasteiger partial charge on any atom is -0.369 e. The molecule has 1 saturated carbocycles. The van der Waals surface area contributed by atoms with Gasteiger partial charge in [0, 0.05) is 11.8 Å². The minimum atomic E-state index is -0.275. The van der Waals surface area contributed by atoms with Crippen molar-refractivity contribution in [2.24, 2.45) is 11.8 Å². The molecule has 2 fully saturated rings. The lowest BCUT2D eigenvalue weighted by atomic mass is 9.79. The summed E-state index contributed by atoms with van der Waals surface area (Å²) in [6.07, 6.45) is 5.55. The topological polar surface area (TPSA) is 26.3 Å². The van der Waals surface area contributed by atoms with Gasteiger partial charge in [0.25, 0.3) is 0 Å². The summed E-state index contributed by atoms with van der Waals surface area (Å²) in [6.45, 7) is 8.33. The van der Waals surface area contributed by atoms with Gasteiger partial charge in [0.05, 0.1) is 11.2 Å². The zero-order chi connectivity index (χ0) is 12.0. The van der Waals surface area contributed by atoms with Crippen molar-refractivity contribution < 1.29 is 9.53 Å². The van der Waals surface area contributed by atoms with Gasteiger partial charge in [-0.05, 0) is 47.0 Å². The summed E-state index contributed by atoms with van der Waals surface area (Å²) in [7, 11) is 0. The highest BCUT2D eigenvalue weighted by Gasteiger charge is 2.50. The van der Waals surface area contributed by atoms with Crippen LogP contribution in [0.25, 0.3) is 0 Å². The maximum atomic E-state index is 12.5. The Morgan fingerprint density at radius 3 is 2.12 bits per heavy atom. The number of ketones is 1. The van der Waals surface area contributed by atoms with Gasteiger partial charge in [-0.1, -0.05) is 12.8 Å². The monoisotopic (exact) mass is 224 g/mol. The third kappa shape index (κ3) is 2.17. The first kappa shape index (κ1) is 12.1. The molecule has 2 heteroatoms. The predicted molar refractivity (Wildman–Crippen MR) is 64.3 cm³/mol. The van der Waals surface area contributed by atoms with E-state index >= 15 is 0 Å². The fraction of sp³-hybridized carbons (Fsp3) is 0.929. The Balaban J connectivity index is 2.11. The maximum absolute atomic E-state index is 12.5. The van der Waals surface area contributed by atoms with Crippen molar-refractivity contribution in [2.75, 3.05) is 0 Å². The smallest absolute Gasteiger partial charge is 0.142 e. The largest absolute Gasteiger partial charge is 0.369 e. The zero-order valence-electron chi connectivity index (χ0n) is 11.0. The van der Waals surface area contributed by atoms with Gasteiger partial charge < -0.3 is 4.74 Å². The fourth-order valence-corrected chi connectivity index (χ4v) is 3.50. The summed E-state index contributed by atoms with van der Waals surface area (Å²) in [6, 6.07) is 0. The Kier molecular flexibility index (Phi) is 2.90. The van der Waals surface area contributed by atoms with Gasteiger partial charge in [0.15, 0.2) is 0 Å². The molecule has 1 aliphatic carbocycles. The van der Waals surface area contributed by atoms with Crippen LogP contribution < -0.4 is 0 Å². The molecule has 0 bridgehead atoms. The molecule has 0 spiro atoms. The van der Waals surface area contributed by atoms with E-state index in [1.165, 1.54) is 12.8 Å². The summed E-state index contributed by atoms with van der Waals surface area (Å²) in [5, 5.41) is 0. The number of rotatable bonds is 2. The molecule has 16 heavy (non-hydrogen) atoms. The van der Waals surface area contributed by atoms with E-state index in [-0.39, 0.29) is 17.1 Å². The van der Waals surface area contributed by atoms with E-state index in [0.29, 0.717) is 11.7 Å². The normalized spacial score (nSPS) is 33.1. The van der Waals surface area contributed by atoms with Crippen LogP contribution in [0, 0.1) is 11.8 Å². The Labute approximate surface area is 98.7 Å². The third-order valence-corrected chi connectivity index (χ3v) is 4.18. The molecule has 2 nitrogen and oxygen atoms in total. The highest BCUT2D eigenvalue weighted by Crippen LogP contribution is 2.44. The number of hydrogen-bond donors (Lipinski definition) is 0. The molecule has 1 aliphatic heterocycles. The summed E-state index contributed by atoms with van der Waals surface area (Å²) in [5.74, 6) is 0.889. The standard InChI is InChI=1S/C14H24O2/c1-13(2)9-11(14(3,4)16-13)12(15)10-7-5-6-8-10/h10-11H,5-9H2,1-4H3. The van der Waals surface area contributed by atoms with Crippen LogP contribution in [-0.4, -0.2) is 17.0 Å². The van der Waals surface area contributed by atoms with Crippen molar-refractivity contribution in [3.63, 3.8) is 0 Å². The van der Waals surface area contributed by atoms with Crippen molar-refractivity contribution in [1.82, 2.24) is 0 Å². The van der Waals surface area contributed by atoms with Gasteiger partial charge in [-0.3, -0.25) is 4.79 Å². The van der Waals surface area contributed by atoms with E-state index in [9.17, 15) is 4.79 Å². The first-order valence-electron chi connectivity index (χ1n) is 6.56. The van der Waals surface area contributed by atoms with Gasteiger partial charge in [0.2, 0.25) is 0 Å². The van der Waals surface area contributed by atoms with Gasteiger partial charge in [-0.25, -0.2) is 0 Å². The molecule has 2 rings (SSSR count). The van der Waals surface area contributed by atoms with Crippen molar-refractivity contribution in [2.45, 2.75) is 71.0 Å². The number of ether oxygens (including phenoxy) is 1. The summed E-state index contributed by atoms with van der Waals surface area (Å²) in [5.41, 5.74) is -0.411. The van der Waals surface area contributed by atoms with Gasteiger partial charge in [-0.2, -0.15) is 0 Å². The van der Waals surface area contributed by atoms with E-state index in [1.807, 2.05) is 0 Å². The molecule has 0 aromatic rings. The molecule has 0 aromatic carbocycles. The van der Waals surface area contributed by atoms with Crippen LogP contribution in [0.3, 0.4) is 0 Å². The molecule has 0 N–H and O–H groups in total. The van der Waals surface area contributed by atoms with Crippen molar-refractivity contribution >= 4 is 5.78 Å². The predicted octanol–water partition coefficient (Wildman–Crippen LogP) is 3.34. The van der Waals surface area contributed by atoms with E-state index in [2.05, 4.69) is 27.7 Å². The third-order valence-electron chi connectivity index (χ3n) is 4.18. The molecule has 1 atom stereocenters. The highest BCUT2D eigenvalue weighted by molar-refractivity contribution is 5.85. The number of hydrogen-bond acceptors (Lipinski definition) is 2. The average molecular weight is 224 g/mol. The van der Waals surface area contributed by atoms with Crippen LogP contribution in [0.1, 0.15) is 59.8 Å². The summed E-state index contributed by atoms with van der Waals surface area (Å²) in [4.78, 5) is 12.5. The second-order valence-corrected chi connectivity index (χ2v) is 6.61. The molecule has 1 unspecified atom stereocenters. The van der Waals surface area contributed by atoms with Crippen LogP contribution in [0.4, 0.5) is 0 Å². The molecule has 1 saturated heterocycles. The minimum absolute atomic E-state index is 0.102. The van der Waals surface area contributed by atoms with Crippen LogP contribution >= 0.6 is 0 Å². The van der Waals surface area contributed by atoms with Crippen LogP contribution in [0.2, 0.25) is 0 Å². The number of carbonyl (C=O) groups excluding carboxylic acids is 1. The summed E-state index contributed by atoms with van der Waals surface area (Å²) >= 11 is 0. The average Bonchev–Trinajstić information content (AvgIpc) is 2.69. The van der Waals surface area contributed by atoms with E-state index in [4.69, 9.17) is 4.74 Å². The molecule has 0 aromatic heterocycles. The van der Waals surface area contributed by atoms with Crippen LogP contribution in [0.15, 0.2) is 0 Å². The first-order chi connectivity index (χ1) is 7.32. The molecular weight excluding hydrogens is 200 g/mol. The van der Waals surface area contributed by atoms with Crippen molar-refractivity contribution in [3.8, 4) is 0 Å². The van der Waals surface area contributed by atoms with E-state index in [1.54, 1.807) is 0 Å². The number of carbonyl (C=O) groups is 1. The lowest BCUT2D eigenvalue weighted by molar-refractivity contribution is -0.133. The number of Topliss-reactive ketones (excluding diaryl/α,β-unsaturated/α-hetero) is 1. The second kappa shape index (κ2) is 3.83. The lowest BCUT2D eigenvalue weighted by Gasteiger charge is -2.27. The molecular formula is C14H24O2. The first-order valence-corrected chi connectivity index (χ1v) is 6.56. The fourth-order valence-electron chi connectivity index (χ4n) is 3.50. The molecule has 0 amide bonds. The Morgan fingerprint density at radius 1 is 1.12 bits per heavy atom. The lowest BCUT2D eigenvalue weighted by Crippen LogP contribution is -2.36. The van der Waals surface area contributed by atoms with E-state index < -0.39 is 0 Å². The molecule has 1 heterocycles. The maximum Gasteiger partial charge on any atom is 0.142 e. The summed E-state index contributed by atoms with van der Waals surface area (Å²) < 4.78 is 6.01. The van der Waals surface area contributed by atoms with Crippen molar-refractivity contribution in [3.05, 3.63) is 0 Å². The Morgan fingerprint density at radius 2 is 1.69 bits per heavy atom. The Bertz CT molecular complexity index is 285. The van der Waals surface area contributed by atoms with Crippen molar-refractivity contribution in [1.29, 1.82) is 0 Å². The van der Waals surface area contributed by atoms with Crippen LogP contribution in [0.5, 0.6) is 0 Å². The highest BCUT2D eigenvalue weighted by atomic mass is 16.5. The van der Waals surface area contributed by atoms with Gasteiger partial charge in [0.1, 0.15) is 5.78 Å². The van der Waals surface area contributed by atoms with Crippen LogP contribution in [-0.2, 0) is 9.53 Å². The Hall–Kier alpha value is -0.370. The van der Waals surface area contributed by atoms with E-state index in [0.717, 1.165) is 19.3 Å². The molecule has 0 radical (unpaired) electrons. The quantitative estimate of drug-likeness (QED) is 0.719. The zero-order valence-corrected chi connectivity index (χ0v) is 11.0. The van der Waals surface area contributed by atoms with Gasteiger partial charge >= 0.3 is 0 Å². The SMILES string of the molecule is CC1(C)CC(C(=O)C2CCCC2)C(C)(C)O1. The van der Waals surface area contributed by atoms with Gasteiger partial charge in [-0.15, -0.1) is 0 Å².